The van der Waals surface area contributed by atoms with Crippen LogP contribution in [0.4, 0.5) is 5.82 Å². The molecule has 0 spiro atoms. The van der Waals surface area contributed by atoms with Crippen molar-refractivity contribution in [3.63, 3.8) is 0 Å². The van der Waals surface area contributed by atoms with Crippen molar-refractivity contribution in [3.8, 4) is 0 Å². The Morgan fingerprint density at radius 1 is 1.23 bits per heavy atom. The summed E-state index contributed by atoms with van der Waals surface area (Å²) in [5.41, 5.74) is 2.92. The summed E-state index contributed by atoms with van der Waals surface area (Å²) < 4.78 is 1.56. The zero-order chi connectivity index (χ0) is 15.9. The molecule has 0 atom stereocenters. The molecular weight excluding hydrogens is 278 g/mol. The molecule has 3 rings (SSSR count). The molecule has 1 N–H and O–H groups in total. The molecule has 7 heteroatoms. The number of nitrogens with zero attached hydrogens (tertiary/aromatic N) is 6. The summed E-state index contributed by atoms with van der Waals surface area (Å²) in [6.07, 6.45) is 0. The number of rotatable bonds is 3. The van der Waals surface area contributed by atoms with Crippen LogP contribution in [0.3, 0.4) is 0 Å². The van der Waals surface area contributed by atoms with Crippen LogP contribution in [0, 0.1) is 6.92 Å². The summed E-state index contributed by atoms with van der Waals surface area (Å²) in [5, 5.41) is 16.2. The number of fused-ring (bicyclic) bond motifs is 1. The first-order chi connectivity index (χ1) is 10.3. The standard InChI is InChI=1S/C15H21N7/c1-10-16-13-6-7-14(20-22(13)19-10)21(5)9-11-8-12(18-17-11)15(2,3)4/h6-8H,9H2,1-5H3,(H,17,18). The van der Waals surface area contributed by atoms with Gasteiger partial charge in [-0.3, -0.25) is 5.10 Å². The van der Waals surface area contributed by atoms with Crippen molar-refractivity contribution in [1.82, 2.24) is 30.0 Å². The third-order valence-corrected chi connectivity index (χ3v) is 3.50. The molecule has 0 unspecified atom stereocenters. The van der Waals surface area contributed by atoms with Gasteiger partial charge in [0.2, 0.25) is 0 Å². The van der Waals surface area contributed by atoms with Crippen molar-refractivity contribution in [2.24, 2.45) is 0 Å². The Kier molecular flexibility index (Phi) is 3.35. The Morgan fingerprint density at radius 2 is 2.00 bits per heavy atom. The molecule has 0 aliphatic carbocycles. The van der Waals surface area contributed by atoms with E-state index in [9.17, 15) is 0 Å². The fourth-order valence-corrected chi connectivity index (χ4v) is 2.25. The molecule has 0 fully saturated rings. The minimum absolute atomic E-state index is 0.0444. The normalized spacial score (nSPS) is 12.0. The summed E-state index contributed by atoms with van der Waals surface area (Å²) in [5.74, 6) is 1.56. The monoisotopic (exact) mass is 299 g/mol. The van der Waals surface area contributed by atoms with Crippen LogP contribution in [-0.2, 0) is 12.0 Å². The third kappa shape index (κ3) is 2.79. The highest BCUT2D eigenvalue weighted by molar-refractivity contribution is 5.45. The number of aromatic nitrogens is 6. The van der Waals surface area contributed by atoms with E-state index in [4.69, 9.17) is 0 Å². The van der Waals surface area contributed by atoms with E-state index in [1.165, 1.54) is 0 Å². The zero-order valence-corrected chi connectivity index (χ0v) is 13.6. The molecular formula is C15H21N7. The molecule has 116 valence electrons. The Morgan fingerprint density at radius 3 is 2.68 bits per heavy atom. The molecule has 7 nitrogen and oxygen atoms in total. The van der Waals surface area contributed by atoms with Gasteiger partial charge in [0, 0.05) is 12.5 Å². The van der Waals surface area contributed by atoms with Gasteiger partial charge in [-0.15, -0.1) is 14.8 Å². The molecule has 0 aliphatic rings. The van der Waals surface area contributed by atoms with Crippen LogP contribution in [0.1, 0.15) is 38.0 Å². The van der Waals surface area contributed by atoms with E-state index in [-0.39, 0.29) is 5.41 Å². The van der Waals surface area contributed by atoms with Gasteiger partial charge in [-0.05, 0) is 25.1 Å². The van der Waals surface area contributed by atoms with E-state index in [1.807, 2.05) is 26.1 Å². The van der Waals surface area contributed by atoms with Crippen molar-refractivity contribution in [2.75, 3.05) is 11.9 Å². The van der Waals surface area contributed by atoms with Crippen LogP contribution < -0.4 is 4.90 Å². The fraction of sp³-hybridized carbons (Fsp3) is 0.467. The van der Waals surface area contributed by atoms with Crippen molar-refractivity contribution in [2.45, 2.75) is 39.7 Å². The van der Waals surface area contributed by atoms with Gasteiger partial charge in [-0.2, -0.15) is 5.10 Å². The SMILES string of the molecule is Cc1nc2ccc(N(C)Cc3cc(C(C)(C)C)n[nH]3)nn2n1. The van der Waals surface area contributed by atoms with Crippen LogP contribution in [0.15, 0.2) is 18.2 Å². The fourth-order valence-electron chi connectivity index (χ4n) is 2.25. The minimum Gasteiger partial charge on any atom is -0.352 e. The van der Waals surface area contributed by atoms with Crippen LogP contribution in [0.25, 0.3) is 5.65 Å². The lowest BCUT2D eigenvalue weighted by molar-refractivity contribution is 0.567. The maximum absolute atomic E-state index is 4.48. The Labute approximate surface area is 129 Å². The van der Waals surface area contributed by atoms with Gasteiger partial charge >= 0.3 is 0 Å². The predicted molar refractivity (Wildman–Crippen MR) is 84.9 cm³/mol. The lowest BCUT2D eigenvalue weighted by atomic mass is 9.92. The summed E-state index contributed by atoms with van der Waals surface area (Å²) in [7, 11) is 2.00. The minimum atomic E-state index is 0.0444. The quantitative estimate of drug-likeness (QED) is 0.801. The highest BCUT2D eigenvalue weighted by atomic mass is 15.5. The molecule has 0 bridgehead atoms. The topological polar surface area (TPSA) is 75.0 Å². The van der Waals surface area contributed by atoms with Crippen LogP contribution in [0.2, 0.25) is 0 Å². The molecule has 0 saturated carbocycles. The number of aryl methyl sites for hydroxylation is 1. The molecule has 0 amide bonds. The lowest BCUT2D eigenvalue weighted by Gasteiger charge is -2.16. The summed E-state index contributed by atoms with van der Waals surface area (Å²) in [6.45, 7) is 9.02. The Hall–Kier alpha value is -2.44. The lowest BCUT2D eigenvalue weighted by Crippen LogP contribution is -2.19. The second kappa shape index (κ2) is 5.08. The first-order valence-electron chi connectivity index (χ1n) is 7.29. The molecule has 3 aromatic rings. The first-order valence-corrected chi connectivity index (χ1v) is 7.29. The maximum Gasteiger partial charge on any atom is 0.176 e. The van der Waals surface area contributed by atoms with Gasteiger partial charge in [0.05, 0.1) is 17.9 Å². The molecule has 22 heavy (non-hydrogen) atoms. The second-order valence-electron chi connectivity index (χ2n) is 6.58. The number of aromatic amines is 1. The van der Waals surface area contributed by atoms with Gasteiger partial charge in [0.1, 0.15) is 5.82 Å². The van der Waals surface area contributed by atoms with E-state index < -0.39 is 0 Å². The smallest absolute Gasteiger partial charge is 0.176 e. The summed E-state index contributed by atoms with van der Waals surface area (Å²) >= 11 is 0. The molecule has 3 heterocycles. The third-order valence-electron chi connectivity index (χ3n) is 3.50. The molecule has 0 aliphatic heterocycles. The van der Waals surface area contributed by atoms with E-state index in [1.54, 1.807) is 4.63 Å². The van der Waals surface area contributed by atoms with Crippen LogP contribution in [0.5, 0.6) is 0 Å². The summed E-state index contributed by atoms with van der Waals surface area (Å²) in [4.78, 5) is 6.33. The maximum atomic E-state index is 4.48. The van der Waals surface area contributed by atoms with E-state index >= 15 is 0 Å². The van der Waals surface area contributed by atoms with Crippen molar-refractivity contribution in [3.05, 3.63) is 35.4 Å². The first kappa shape index (κ1) is 14.5. The van der Waals surface area contributed by atoms with Gasteiger partial charge < -0.3 is 4.90 Å². The number of hydrogen-bond acceptors (Lipinski definition) is 5. The zero-order valence-electron chi connectivity index (χ0n) is 13.6. The van der Waals surface area contributed by atoms with E-state index in [0.29, 0.717) is 6.54 Å². The molecule has 0 radical (unpaired) electrons. The van der Waals surface area contributed by atoms with E-state index in [0.717, 1.165) is 28.7 Å². The molecule has 0 saturated heterocycles. The number of nitrogens with one attached hydrogen (secondary N) is 1. The van der Waals surface area contributed by atoms with Crippen LogP contribution >= 0.6 is 0 Å². The number of hydrogen-bond donors (Lipinski definition) is 1. The Bertz CT molecular complexity index is 794. The largest absolute Gasteiger partial charge is 0.352 e. The molecule has 0 aromatic carbocycles. The van der Waals surface area contributed by atoms with Gasteiger partial charge in [0.25, 0.3) is 0 Å². The average molecular weight is 299 g/mol. The molecule has 3 aromatic heterocycles. The van der Waals surface area contributed by atoms with Crippen molar-refractivity contribution in [1.29, 1.82) is 0 Å². The van der Waals surface area contributed by atoms with Crippen molar-refractivity contribution < 1.29 is 0 Å². The van der Waals surface area contributed by atoms with E-state index in [2.05, 4.69) is 57.1 Å². The van der Waals surface area contributed by atoms with Gasteiger partial charge in [-0.1, -0.05) is 20.8 Å². The number of H-pyrrole nitrogens is 1. The predicted octanol–water partition coefficient (Wildman–Crippen LogP) is 2.09. The average Bonchev–Trinajstić information content (AvgIpc) is 3.02. The second-order valence-corrected chi connectivity index (χ2v) is 6.58. The highest BCUT2D eigenvalue weighted by Crippen LogP contribution is 2.21. The highest BCUT2D eigenvalue weighted by Gasteiger charge is 2.18. The Balaban J connectivity index is 1.80. The van der Waals surface area contributed by atoms with Crippen LogP contribution in [-0.4, -0.2) is 37.1 Å². The number of anilines is 1. The van der Waals surface area contributed by atoms with Crippen molar-refractivity contribution >= 4 is 11.5 Å². The summed E-state index contributed by atoms with van der Waals surface area (Å²) in [6, 6.07) is 5.98. The van der Waals surface area contributed by atoms with Gasteiger partial charge in [0.15, 0.2) is 11.5 Å². The van der Waals surface area contributed by atoms with Gasteiger partial charge in [-0.25, -0.2) is 4.98 Å².